The predicted octanol–water partition coefficient (Wildman–Crippen LogP) is 6.04. The Kier molecular flexibility index (Phi) is 6.58. The van der Waals surface area contributed by atoms with Crippen LogP contribution in [0, 0.1) is 0 Å². The number of rotatable bonds is 6. The van der Waals surface area contributed by atoms with Gasteiger partial charge in [-0.05, 0) is 41.5 Å². The van der Waals surface area contributed by atoms with E-state index in [-0.39, 0.29) is 5.75 Å². The second-order valence-corrected chi connectivity index (χ2v) is 6.33. The summed E-state index contributed by atoms with van der Waals surface area (Å²) in [5.41, 5.74) is 3.68. The van der Waals surface area contributed by atoms with Crippen LogP contribution in [0.1, 0.15) is 5.56 Å². The zero-order valence-electron chi connectivity index (χ0n) is 16.0. The lowest BCUT2D eigenvalue weighted by Crippen LogP contribution is -2.20. The highest BCUT2D eigenvalue weighted by Gasteiger charge is 2.30. The second kappa shape index (κ2) is 9.32. The van der Waals surface area contributed by atoms with E-state index in [4.69, 9.17) is 4.74 Å². The third kappa shape index (κ3) is 5.99. The van der Waals surface area contributed by atoms with Gasteiger partial charge in [-0.3, -0.25) is 0 Å². The summed E-state index contributed by atoms with van der Waals surface area (Å²) in [6.45, 7) is 0.509. The Morgan fingerprint density at radius 3 is 2.20 bits per heavy atom. The van der Waals surface area contributed by atoms with Crippen LogP contribution >= 0.6 is 0 Å². The normalized spacial score (nSPS) is 11.1. The van der Waals surface area contributed by atoms with E-state index >= 15 is 0 Å². The van der Waals surface area contributed by atoms with Crippen molar-refractivity contribution in [3.63, 3.8) is 0 Å². The summed E-state index contributed by atoms with van der Waals surface area (Å²) in [6, 6.07) is 19.4. The van der Waals surface area contributed by atoms with E-state index in [0.29, 0.717) is 18.0 Å². The van der Waals surface area contributed by atoms with E-state index < -0.39 is 12.4 Å². The molecule has 0 fully saturated rings. The minimum Gasteiger partial charge on any atom is -0.406 e. The van der Waals surface area contributed by atoms with E-state index in [1.54, 1.807) is 19.2 Å². The fraction of sp³-hybridized carbons (Fsp3) is 0.136. The van der Waals surface area contributed by atoms with Crippen molar-refractivity contribution in [2.75, 3.05) is 17.7 Å². The lowest BCUT2D eigenvalue weighted by atomic mass is 10.0. The summed E-state index contributed by atoms with van der Waals surface area (Å²) in [7, 11) is 1.63. The van der Waals surface area contributed by atoms with Crippen molar-refractivity contribution in [2.24, 2.45) is 0 Å². The van der Waals surface area contributed by atoms with Crippen LogP contribution in [0.25, 0.3) is 11.1 Å². The Morgan fingerprint density at radius 1 is 0.900 bits per heavy atom. The Morgan fingerprint density at radius 2 is 1.57 bits per heavy atom. The number of amides is 2. The van der Waals surface area contributed by atoms with Crippen molar-refractivity contribution in [3.8, 4) is 16.9 Å². The molecule has 0 heterocycles. The van der Waals surface area contributed by atoms with Crippen molar-refractivity contribution in [2.45, 2.75) is 13.0 Å². The highest BCUT2D eigenvalue weighted by atomic mass is 19.4. The number of para-hydroxylation sites is 1. The number of carbonyl (C=O) groups is 1. The maximum absolute atomic E-state index is 12.4. The molecule has 3 rings (SSSR count). The first-order valence-electron chi connectivity index (χ1n) is 8.95. The quantitative estimate of drug-likeness (QED) is 0.515. The number of alkyl halides is 3. The first-order valence-corrected chi connectivity index (χ1v) is 8.95. The summed E-state index contributed by atoms with van der Waals surface area (Å²) in [5, 5.41) is 5.35. The molecule has 3 aromatic rings. The molecule has 2 N–H and O–H groups in total. The third-order valence-corrected chi connectivity index (χ3v) is 4.10. The lowest BCUT2D eigenvalue weighted by molar-refractivity contribution is -0.274. The van der Waals surface area contributed by atoms with Gasteiger partial charge in [-0.1, -0.05) is 42.5 Å². The number of methoxy groups -OCH3 is 1. The van der Waals surface area contributed by atoms with Crippen molar-refractivity contribution >= 4 is 17.4 Å². The minimum atomic E-state index is -4.77. The summed E-state index contributed by atoms with van der Waals surface area (Å²) >= 11 is 0. The molecule has 3 aromatic carbocycles. The molecule has 156 valence electrons. The number of anilines is 2. The van der Waals surface area contributed by atoms with Crippen LogP contribution in [0.3, 0.4) is 0 Å². The number of hydrogen-bond acceptors (Lipinski definition) is 3. The van der Waals surface area contributed by atoms with Gasteiger partial charge in [-0.2, -0.15) is 0 Å². The van der Waals surface area contributed by atoms with Gasteiger partial charge < -0.3 is 20.1 Å². The number of benzene rings is 3. The monoisotopic (exact) mass is 416 g/mol. The predicted molar refractivity (Wildman–Crippen MR) is 108 cm³/mol. The first-order chi connectivity index (χ1) is 14.3. The van der Waals surface area contributed by atoms with Crippen LogP contribution in [-0.4, -0.2) is 19.5 Å². The SMILES string of the molecule is COCc1ccc(-c2ccccc2NC(=O)Nc2ccc(OC(F)(F)F)cc2)cc1. The molecule has 0 bridgehead atoms. The zero-order valence-corrected chi connectivity index (χ0v) is 16.0. The molecule has 2 amide bonds. The molecule has 30 heavy (non-hydrogen) atoms. The van der Waals surface area contributed by atoms with E-state index in [9.17, 15) is 18.0 Å². The van der Waals surface area contributed by atoms with E-state index in [1.807, 2.05) is 36.4 Å². The standard InChI is InChI=1S/C22H19F3N2O3/c1-29-14-15-6-8-16(9-7-15)19-4-2-3-5-20(19)27-21(28)26-17-10-12-18(13-11-17)30-22(23,24)25/h2-13H,14H2,1H3,(H2,26,27,28). The van der Waals surface area contributed by atoms with Crippen molar-refractivity contribution in [1.29, 1.82) is 0 Å². The summed E-state index contributed by atoms with van der Waals surface area (Å²) in [5.74, 6) is -0.365. The van der Waals surface area contributed by atoms with Crippen molar-refractivity contribution in [1.82, 2.24) is 0 Å². The summed E-state index contributed by atoms with van der Waals surface area (Å²) in [6.07, 6.45) is -4.77. The second-order valence-electron chi connectivity index (χ2n) is 6.33. The van der Waals surface area contributed by atoms with Gasteiger partial charge >= 0.3 is 12.4 Å². The topological polar surface area (TPSA) is 59.6 Å². The molecule has 0 aliphatic heterocycles. The average molecular weight is 416 g/mol. The third-order valence-electron chi connectivity index (χ3n) is 4.10. The maximum Gasteiger partial charge on any atom is 0.573 e. The number of halogens is 3. The molecular formula is C22H19F3N2O3. The highest BCUT2D eigenvalue weighted by molar-refractivity contribution is 6.02. The molecule has 0 unspecified atom stereocenters. The average Bonchev–Trinajstić information content (AvgIpc) is 2.70. The van der Waals surface area contributed by atoms with Gasteiger partial charge in [0.15, 0.2) is 0 Å². The van der Waals surface area contributed by atoms with E-state index in [0.717, 1.165) is 28.8 Å². The highest BCUT2D eigenvalue weighted by Crippen LogP contribution is 2.29. The maximum atomic E-state index is 12.4. The number of carbonyl (C=O) groups excluding carboxylic acids is 1. The van der Waals surface area contributed by atoms with Crippen LogP contribution in [-0.2, 0) is 11.3 Å². The lowest BCUT2D eigenvalue weighted by Gasteiger charge is -2.13. The van der Waals surface area contributed by atoms with Crippen LogP contribution in [0.4, 0.5) is 29.3 Å². The fourth-order valence-electron chi connectivity index (χ4n) is 2.82. The Bertz CT molecular complexity index is 988. The number of nitrogens with one attached hydrogen (secondary N) is 2. The molecular weight excluding hydrogens is 397 g/mol. The Hall–Kier alpha value is -3.52. The Labute approximate surface area is 171 Å². The molecule has 0 aliphatic rings. The molecule has 0 atom stereocenters. The molecule has 0 aliphatic carbocycles. The van der Waals surface area contributed by atoms with Gasteiger partial charge in [0.2, 0.25) is 0 Å². The Balaban J connectivity index is 1.68. The van der Waals surface area contributed by atoms with E-state index in [1.165, 1.54) is 12.1 Å². The van der Waals surface area contributed by atoms with Gasteiger partial charge in [0, 0.05) is 18.4 Å². The van der Waals surface area contributed by atoms with E-state index in [2.05, 4.69) is 15.4 Å². The smallest absolute Gasteiger partial charge is 0.406 e. The largest absolute Gasteiger partial charge is 0.573 e. The molecule has 0 spiro atoms. The van der Waals surface area contributed by atoms with Gasteiger partial charge in [0.25, 0.3) is 0 Å². The van der Waals surface area contributed by atoms with Crippen LogP contribution in [0.15, 0.2) is 72.8 Å². The van der Waals surface area contributed by atoms with Crippen molar-refractivity contribution in [3.05, 3.63) is 78.4 Å². The van der Waals surface area contributed by atoms with Gasteiger partial charge in [0.1, 0.15) is 5.75 Å². The van der Waals surface area contributed by atoms with Crippen LogP contribution in [0.5, 0.6) is 5.75 Å². The number of ether oxygens (including phenoxy) is 2. The van der Waals surface area contributed by atoms with Gasteiger partial charge in [-0.15, -0.1) is 13.2 Å². The molecule has 0 radical (unpaired) electrons. The van der Waals surface area contributed by atoms with Crippen LogP contribution in [0.2, 0.25) is 0 Å². The van der Waals surface area contributed by atoms with Crippen LogP contribution < -0.4 is 15.4 Å². The van der Waals surface area contributed by atoms with Gasteiger partial charge in [-0.25, -0.2) is 4.79 Å². The summed E-state index contributed by atoms with van der Waals surface area (Å²) in [4.78, 5) is 12.4. The fourth-order valence-corrected chi connectivity index (χ4v) is 2.82. The molecule has 0 aromatic heterocycles. The molecule has 5 nitrogen and oxygen atoms in total. The summed E-state index contributed by atoms with van der Waals surface area (Å²) < 4.78 is 45.6. The minimum absolute atomic E-state index is 0.323. The van der Waals surface area contributed by atoms with Crippen molar-refractivity contribution < 1.29 is 27.4 Å². The first kappa shape index (κ1) is 21.2. The van der Waals surface area contributed by atoms with Gasteiger partial charge in [0.05, 0.1) is 12.3 Å². The molecule has 8 heteroatoms. The molecule has 0 saturated heterocycles. The number of urea groups is 1. The molecule has 0 saturated carbocycles. The zero-order chi connectivity index (χ0) is 21.6. The number of hydrogen-bond donors (Lipinski definition) is 2.